The molecule has 0 heterocycles. The summed E-state index contributed by atoms with van der Waals surface area (Å²) in [7, 11) is -1.45. The molecule has 0 aliphatic rings. The van der Waals surface area contributed by atoms with Gasteiger partial charge in [0, 0.05) is 19.6 Å². The number of nitrogens with two attached hydrogens (primary N) is 1. The van der Waals surface area contributed by atoms with Crippen LogP contribution >= 0.6 is 0 Å². The molecule has 0 aliphatic carbocycles. The van der Waals surface area contributed by atoms with E-state index in [-0.39, 0.29) is 29.0 Å². The predicted molar refractivity (Wildman–Crippen MR) is 85.0 cm³/mol. The molecular formula is C15H23FN2O4S. The van der Waals surface area contributed by atoms with Crippen LogP contribution in [0.25, 0.3) is 0 Å². The van der Waals surface area contributed by atoms with Gasteiger partial charge in [0.1, 0.15) is 5.82 Å². The van der Waals surface area contributed by atoms with Gasteiger partial charge in [0.05, 0.1) is 17.6 Å². The summed E-state index contributed by atoms with van der Waals surface area (Å²) >= 11 is 0. The molecule has 130 valence electrons. The van der Waals surface area contributed by atoms with E-state index in [1.807, 2.05) is 13.8 Å². The molecule has 0 amide bonds. The highest BCUT2D eigenvalue weighted by Crippen LogP contribution is 2.22. The summed E-state index contributed by atoms with van der Waals surface area (Å²) < 4.78 is 44.2. The van der Waals surface area contributed by atoms with Crippen LogP contribution in [0.4, 0.5) is 4.39 Å². The summed E-state index contributed by atoms with van der Waals surface area (Å²) in [6.07, 6.45) is 0.474. The molecule has 8 heteroatoms. The molecule has 0 spiro atoms. The molecule has 0 aliphatic heterocycles. The third kappa shape index (κ3) is 4.73. The quantitative estimate of drug-likeness (QED) is 0.758. The Morgan fingerprint density at radius 1 is 1.39 bits per heavy atom. The Morgan fingerprint density at radius 2 is 2.00 bits per heavy atom. The van der Waals surface area contributed by atoms with Crippen molar-refractivity contribution in [3.63, 3.8) is 0 Å². The van der Waals surface area contributed by atoms with Gasteiger partial charge in [-0.1, -0.05) is 13.8 Å². The zero-order valence-corrected chi connectivity index (χ0v) is 14.6. The molecule has 0 fully saturated rings. The molecular weight excluding hydrogens is 323 g/mol. The first-order valence-corrected chi connectivity index (χ1v) is 8.65. The fourth-order valence-corrected chi connectivity index (χ4v) is 3.29. The zero-order chi connectivity index (χ0) is 17.8. The van der Waals surface area contributed by atoms with Gasteiger partial charge in [0.25, 0.3) is 0 Å². The predicted octanol–water partition coefficient (Wildman–Crippen LogP) is 1.61. The van der Waals surface area contributed by atoms with Gasteiger partial charge in [-0.3, -0.25) is 0 Å². The molecule has 0 aromatic heterocycles. The summed E-state index contributed by atoms with van der Waals surface area (Å²) in [6, 6.07) is 2.77. The summed E-state index contributed by atoms with van der Waals surface area (Å²) in [4.78, 5) is 11.4. The topological polar surface area (TPSA) is 89.7 Å². The van der Waals surface area contributed by atoms with Crippen molar-refractivity contribution in [2.24, 2.45) is 11.7 Å². The number of ether oxygens (including phenoxy) is 1. The number of sulfonamides is 1. The number of esters is 1. The molecule has 1 atom stereocenters. The van der Waals surface area contributed by atoms with Gasteiger partial charge in [0.15, 0.2) is 0 Å². The summed E-state index contributed by atoms with van der Waals surface area (Å²) in [5.74, 6) is -1.40. The van der Waals surface area contributed by atoms with E-state index in [0.29, 0.717) is 6.42 Å². The summed E-state index contributed by atoms with van der Waals surface area (Å²) in [5, 5.41) is 0. The van der Waals surface area contributed by atoms with Crippen LogP contribution in [0.1, 0.15) is 30.6 Å². The highest BCUT2D eigenvalue weighted by atomic mass is 32.2. The van der Waals surface area contributed by atoms with E-state index in [0.717, 1.165) is 29.6 Å². The average molecular weight is 346 g/mol. The van der Waals surface area contributed by atoms with Gasteiger partial charge in [-0.05, 0) is 30.5 Å². The number of carbonyl (C=O) groups is 1. The third-order valence-electron chi connectivity index (χ3n) is 3.67. The smallest absolute Gasteiger partial charge is 0.339 e. The number of nitrogens with zero attached hydrogens (tertiary/aromatic N) is 1. The zero-order valence-electron chi connectivity index (χ0n) is 13.7. The second-order valence-electron chi connectivity index (χ2n) is 5.66. The third-order valence-corrected chi connectivity index (χ3v) is 5.58. The van der Waals surface area contributed by atoms with Crippen molar-refractivity contribution in [2.75, 3.05) is 20.7 Å². The van der Waals surface area contributed by atoms with Crippen LogP contribution in [0.15, 0.2) is 23.1 Å². The van der Waals surface area contributed by atoms with Crippen molar-refractivity contribution in [1.29, 1.82) is 0 Å². The van der Waals surface area contributed by atoms with E-state index < -0.39 is 21.8 Å². The lowest BCUT2D eigenvalue weighted by Crippen LogP contribution is -2.35. The van der Waals surface area contributed by atoms with Gasteiger partial charge >= 0.3 is 5.97 Å². The first-order chi connectivity index (χ1) is 10.6. The average Bonchev–Trinajstić information content (AvgIpc) is 2.50. The van der Waals surface area contributed by atoms with Crippen LogP contribution in [-0.4, -0.2) is 45.4 Å². The van der Waals surface area contributed by atoms with Crippen molar-refractivity contribution in [3.05, 3.63) is 29.6 Å². The summed E-state index contributed by atoms with van der Waals surface area (Å²) in [5.41, 5.74) is 5.59. The molecule has 1 unspecified atom stereocenters. The number of halogens is 1. The number of rotatable bonds is 7. The van der Waals surface area contributed by atoms with Crippen LogP contribution < -0.4 is 5.73 Å². The monoisotopic (exact) mass is 346 g/mol. The minimum Gasteiger partial charge on any atom is -0.465 e. The van der Waals surface area contributed by atoms with Crippen LogP contribution in [0, 0.1) is 11.7 Å². The maximum absolute atomic E-state index is 13.3. The van der Waals surface area contributed by atoms with E-state index in [1.165, 1.54) is 7.05 Å². The first kappa shape index (κ1) is 19.5. The van der Waals surface area contributed by atoms with Gasteiger partial charge in [0.2, 0.25) is 10.0 Å². The maximum atomic E-state index is 13.3. The second-order valence-corrected chi connectivity index (χ2v) is 7.67. The van der Waals surface area contributed by atoms with Crippen molar-refractivity contribution < 1.29 is 22.3 Å². The number of hydrogen-bond donors (Lipinski definition) is 1. The van der Waals surface area contributed by atoms with Crippen molar-refractivity contribution >= 4 is 16.0 Å². The van der Waals surface area contributed by atoms with Gasteiger partial charge < -0.3 is 10.5 Å². The fraction of sp³-hybridized carbons (Fsp3) is 0.533. The molecule has 0 bridgehead atoms. The number of hydrogen-bond acceptors (Lipinski definition) is 5. The lowest BCUT2D eigenvalue weighted by atomic mass is 10.0. The fourth-order valence-electron chi connectivity index (χ4n) is 1.95. The van der Waals surface area contributed by atoms with Gasteiger partial charge in [-0.25, -0.2) is 21.9 Å². The van der Waals surface area contributed by atoms with Crippen LogP contribution in [0.2, 0.25) is 0 Å². The minimum absolute atomic E-state index is 0.138. The van der Waals surface area contributed by atoms with E-state index in [1.54, 1.807) is 0 Å². The lowest BCUT2D eigenvalue weighted by Gasteiger charge is -2.22. The minimum atomic E-state index is -3.95. The molecule has 1 aromatic rings. The number of benzene rings is 1. The number of carbonyl (C=O) groups excluding carboxylic acids is 1. The van der Waals surface area contributed by atoms with Gasteiger partial charge in [-0.15, -0.1) is 0 Å². The van der Waals surface area contributed by atoms with Gasteiger partial charge in [-0.2, -0.15) is 0 Å². The number of methoxy groups -OCH3 is 1. The highest BCUT2D eigenvalue weighted by Gasteiger charge is 2.28. The Labute approximate surface area is 136 Å². The van der Waals surface area contributed by atoms with E-state index in [9.17, 15) is 17.6 Å². The van der Waals surface area contributed by atoms with Crippen LogP contribution in [-0.2, 0) is 14.8 Å². The normalized spacial score (nSPS) is 13.4. The Morgan fingerprint density at radius 3 is 2.52 bits per heavy atom. The first-order valence-electron chi connectivity index (χ1n) is 7.21. The lowest BCUT2D eigenvalue weighted by molar-refractivity contribution is 0.0595. The van der Waals surface area contributed by atoms with Crippen molar-refractivity contribution in [2.45, 2.75) is 31.2 Å². The molecule has 23 heavy (non-hydrogen) atoms. The highest BCUT2D eigenvalue weighted by molar-refractivity contribution is 7.89. The second kappa shape index (κ2) is 7.85. The molecule has 0 saturated carbocycles. The Bertz CT molecular complexity index is 661. The molecule has 0 saturated heterocycles. The summed E-state index contributed by atoms with van der Waals surface area (Å²) in [6.45, 7) is 4.10. The standard InChI is InChI=1S/C15H23FN2O4S/c1-10(2)13(17)7-8-18(3)23(20,21)14-6-5-11(16)9-12(14)15(19)22-4/h5-6,9-10,13H,7-8,17H2,1-4H3. The molecule has 1 aromatic carbocycles. The largest absolute Gasteiger partial charge is 0.465 e. The Kier molecular flexibility index (Phi) is 6.67. The van der Waals surface area contributed by atoms with Crippen molar-refractivity contribution in [3.8, 4) is 0 Å². The van der Waals surface area contributed by atoms with E-state index >= 15 is 0 Å². The van der Waals surface area contributed by atoms with E-state index in [2.05, 4.69) is 4.74 Å². The molecule has 2 N–H and O–H groups in total. The maximum Gasteiger partial charge on any atom is 0.339 e. The Hall–Kier alpha value is -1.51. The molecule has 0 radical (unpaired) electrons. The Balaban J connectivity index is 3.11. The van der Waals surface area contributed by atoms with E-state index in [4.69, 9.17) is 5.73 Å². The molecule has 1 rings (SSSR count). The van der Waals surface area contributed by atoms with Crippen LogP contribution in [0.5, 0.6) is 0 Å². The molecule has 6 nitrogen and oxygen atoms in total. The SMILES string of the molecule is COC(=O)c1cc(F)ccc1S(=O)(=O)N(C)CCC(N)C(C)C. The van der Waals surface area contributed by atoms with Crippen LogP contribution in [0.3, 0.4) is 0 Å². The van der Waals surface area contributed by atoms with Crippen molar-refractivity contribution in [1.82, 2.24) is 4.31 Å².